The molecule has 0 aromatic heterocycles. The maximum atomic E-state index is 12.1. The van der Waals surface area contributed by atoms with Gasteiger partial charge in [0.25, 0.3) is 0 Å². The molecule has 0 saturated heterocycles. The summed E-state index contributed by atoms with van der Waals surface area (Å²) < 4.78 is 11.4. The molecule has 2 unspecified atom stereocenters. The smallest absolute Gasteiger partial charge is 0.407 e. The number of ether oxygens (including phenoxy) is 2. The van der Waals surface area contributed by atoms with Gasteiger partial charge in [-0.1, -0.05) is 60.2 Å². The normalized spacial score (nSPS) is 19.3. The molecule has 3 rings (SSSR count). The zero-order chi connectivity index (χ0) is 18.2. The van der Waals surface area contributed by atoms with Crippen molar-refractivity contribution >= 4 is 6.09 Å². The van der Waals surface area contributed by atoms with Gasteiger partial charge in [-0.3, -0.25) is 0 Å². The van der Waals surface area contributed by atoms with E-state index in [-0.39, 0.29) is 18.2 Å². The van der Waals surface area contributed by atoms with Gasteiger partial charge in [-0.25, -0.2) is 4.79 Å². The number of carbonyl (C=O) groups is 1. The third-order valence-corrected chi connectivity index (χ3v) is 4.77. The highest BCUT2D eigenvalue weighted by Crippen LogP contribution is 2.23. The zero-order valence-electron chi connectivity index (χ0n) is 15.3. The summed E-state index contributed by atoms with van der Waals surface area (Å²) in [6.45, 7) is 3.02. The second-order valence-electron chi connectivity index (χ2n) is 6.89. The Kier molecular flexibility index (Phi) is 6.67. The van der Waals surface area contributed by atoms with Crippen molar-refractivity contribution in [2.45, 2.75) is 51.4 Å². The molecule has 1 fully saturated rings. The number of rotatable bonds is 7. The first-order chi connectivity index (χ1) is 12.7. The number of amides is 1. The Morgan fingerprint density at radius 2 is 1.88 bits per heavy atom. The number of benzene rings is 2. The average molecular weight is 353 g/mol. The molecule has 0 aliphatic heterocycles. The van der Waals surface area contributed by atoms with Crippen molar-refractivity contribution in [1.82, 2.24) is 5.32 Å². The summed E-state index contributed by atoms with van der Waals surface area (Å²) in [4.78, 5) is 12.1. The van der Waals surface area contributed by atoms with Gasteiger partial charge in [0.1, 0.15) is 0 Å². The molecular formula is C22H27NO3. The predicted molar refractivity (Wildman–Crippen MR) is 102 cm³/mol. The van der Waals surface area contributed by atoms with E-state index in [1.54, 1.807) is 0 Å². The standard InChI is InChI=1S/C22H27NO3/c1-17-7-5-10-18(15-17)13-14-25-22(24)23-20-11-6-12-21(20)26-16-19-8-3-2-4-9-19/h2-5,7-10,15,20-21H,6,11-14,16H2,1H3,(H,23,24). The highest BCUT2D eigenvalue weighted by atomic mass is 16.5. The number of hydrogen-bond donors (Lipinski definition) is 1. The number of aryl methyl sites for hydroxylation is 1. The third-order valence-electron chi connectivity index (χ3n) is 4.77. The molecule has 1 saturated carbocycles. The monoisotopic (exact) mass is 353 g/mol. The molecule has 26 heavy (non-hydrogen) atoms. The fourth-order valence-electron chi connectivity index (χ4n) is 3.39. The molecule has 1 N–H and O–H groups in total. The molecule has 0 radical (unpaired) electrons. The minimum absolute atomic E-state index is 0.0326. The van der Waals surface area contributed by atoms with Gasteiger partial charge in [-0.05, 0) is 37.3 Å². The Balaban J connectivity index is 1.40. The van der Waals surface area contributed by atoms with Crippen LogP contribution in [0.15, 0.2) is 54.6 Å². The Bertz CT molecular complexity index is 702. The van der Waals surface area contributed by atoms with Gasteiger partial charge in [0, 0.05) is 6.42 Å². The predicted octanol–water partition coefficient (Wildman–Crippen LogP) is 4.40. The maximum absolute atomic E-state index is 12.1. The number of carbonyl (C=O) groups excluding carboxylic acids is 1. The van der Waals surface area contributed by atoms with Crippen LogP contribution in [0.3, 0.4) is 0 Å². The first-order valence-electron chi connectivity index (χ1n) is 9.35. The van der Waals surface area contributed by atoms with Crippen molar-refractivity contribution in [3.8, 4) is 0 Å². The van der Waals surface area contributed by atoms with Gasteiger partial charge < -0.3 is 14.8 Å². The van der Waals surface area contributed by atoms with Crippen LogP contribution < -0.4 is 5.32 Å². The van der Waals surface area contributed by atoms with Gasteiger partial charge in [-0.15, -0.1) is 0 Å². The SMILES string of the molecule is Cc1cccc(CCOC(=O)NC2CCCC2OCc2ccccc2)c1. The fourth-order valence-corrected chi connectivity index (χ4v) is 3.39. The summed E-state index contributed by atoms with van der Waals surface area (Å²) in [5.74, 6) is 0. The first kappa shape index (κ1) is 18.5. The van der Waals surface area contributed by atoms with Crippen molar-refractivity contribution in [1.29, 1.82) is 0 Å². The van der Waals surface area contributed by atoms with Crippen LogP contribution in [0, 0.1) is 6.92 Å². The summed E-state index contributed by atoms with van der Waals surface area (Å²) in [6, 6.07) is 18.4. The summed E-state index contributed by atoms with van der Waals surface area (Å²) >= 11 is 0. The molecule has 138 valence electrons. The number of nitrogens with one attached hydrogen (secondary N) is 1. The van der Waals surface area contributed by atoms with Crippen LogP contribution >= 0.6 is 0 Å². The van der Waals surface area contributed by atoms with E-state index < -0.39 is 0 Å². The quantitative estimate of drug-likeness (QED) is 0.802. The Hall–Kier alpha value is -2.33. The molecule has 0 heterocycles. The lowest BCUT2D eigenvalue weighted by atomic mass is 10.1. The van der Waals surface area contributed by atoms with Crippen molar-refractivity contribution in [2.75, 3.05) is 6.61 Å². The Morgan fingerprint density at radius 3 is 2.69 bits per heavy atom. The van der Waals surface area contributed by atoms with Crippen molar-refractivity contribution in [3.63, 3.8) is 0 Å². The highest BCUT2D eigenvalue weighted by Gasteiger charge is 2.29. The van der Waals surface area contributed by atoms with E-state index in [2.05, 4.69) is 42.6 Å². The molecule has 2 aromatic carbocycles. The second kappa shape index (κ2) is 9.39. The van der Waals surface area contributed by atoms with Crippen LogP contribution in [0.5, 0.6) is 0 Å². The fraction of sp³-hybridized carbons (Fsp3) is 0.409. The van der Waals surface area contributed by atoms with Gasteiger partial charge in [0.2, 0.25) is 0 Å². The molecule has 1 aliphatic rings. The number of alkyl carbamates (subject to hydrolysis) is 1. The lowest BCUT2D eigenvalue weighted by Gasteiger charge is -2.21. The van der Waals surface area contributed by atoms with E-state index in [4.69, 9.17) is 9.47 Å². The largest absolute Gasteiger partial charge is 0.449 e. The van der Waals surface area contributed by atoms with Gasteiger partial charge in [0.15, 0.2) is 0 Å². The summed E-state index contributed by atoms with van der Waals surface area (Å²) in [7, 11) is 0. The first-order valence-corrected chi connectivity index (χ1v) is 9.35. The minimum atomic E-state index is -0.349. The van der Waals surface area contributed by atoms with E-state index in [0.717, 1.165) is 31.2 Å². The summed E-state index contributed by atoms with van der Waals surface area (Å²) in [6.07, 6.45) is 3.41. The van der Waals surface area contributed by atoms with Crippen molar-refractivity contribution in [2.24, 2.45) is 0 Å². The summed E-state index contributed by atoms with van der Waals surface area (Å²) in [5, 5.41) is 2.98. The highest BCUT2D eigenvalue weighted by molar-refractivity contribution is 5.67. The average Bonchev–Trinajstić information content (AvgIpc) is 3.08. The van der Waals surface area contributed by atoms with Gasteiger partial charge >= 0.3 is 6.09 Å². The van der Waals surface area contributed by atoms with Crippen molar-refractivity contribution in [3.05, 3.63) is 71.3 Å². The van der Waals surface area contributed by atoms with Crippen LogP contribution in [0.25, 0.3) is 0 Å². The lowest BCUT2D eigenvalue weighted by Crippen LogP contribution is -2.41. The van der Waals surface area contributed by atoms with Crippen LogP contribution in [-0.2, 0) is 22.5 Å². The lowest BCUT2D eigenvalue weighted by molar-refractivity contribution is 0.0267. The molecule has 2 aromatic rings. The molecule has 1 aliphatic carbocycles. The Labute approximate surface area is 155 Å². The van der Waals surface area contributed by atoms with Gasteiger partial charge in [-0.2, -0.15) is 0 Å². The van der Waals surface area contributed by atoms with Gasteiger partial charge in [0.05, 0.1) is 25.4 Å². The van der Waals surface area contributed by atoms with Crippen LogP contribution in [-0.4, -0.2) is 24.8 Å². The molecular weight excluding hydrogens is 326 g/mol. The van der Waals surface area contributed by atoms with E-state index >= 15 is 0 Å². The maximum Gasteiger partial charge on any atom is 0.407 e. The molecule has 1 amide bonds. The van der Waals surface area contributed by atoms with Crippen LogP contribution in [0.4, 0.5) is 4.79 Å². The van der Waals surface area contributed by atoms with E-state index in [0.29, 0.717) is 13.2 Å². The molecule has 4 heteroatoms. The van der Waals surface area contributed by atoms with Crippen LogP contribution in [0.1, 0.15) is 36.0 Å². The number of hydrogen-bond acceptors (Lipinski definition) is 3. The summed E-state index contributed by atoms with van der Waals surface area (Å²) in [5.41, 5.74) is 3.55. The zero-order valence-corrected chi connectivity index (χ0v) is 15.3. The molecule has 4 nitrogen and oxygen atoms in total. The molecule has 0 spiro atoms. The third kappa shape index (κ3) is 5.60. The van der Waals surface area contributed by atoms with E-state index in [1.165, 1.54) is 11.1 Å². The topological polar surface area (TPSA) is 47.6 Å². The van der Waals surface area contributed by atoms with E-state index in [9.17, 15) is 4.79 Å². The molecule has 0 bridgehead atoms. The molecule has 2 atom stereocenters. The van der Waals surface area contributed by atoms with Crippen molar-refractivity contribution < 1.29 is 14.3 Å². The Morgan fingerprint density at radius 1 is 1.08 bits per heavy atom. The second-order valence-corrected chi connectivity index (χ2v) is 6.89. The van der Waals surface area contributed by atoms with Crippen LogP contribution in [0.2, 0.25) is 0 Å². The minimum Gasteiger partial charge on any atom is -0.449 e. The van der Waals surface area contributed by atoms with E-state index in [1.807, 2.05) is 24.3 Å².